The van der Waals surface area contributed by atoms with Crippen LogP contribution in [0.3, 0.4) is 0 Å². The number of rotatable bonds is 3. The van der Waals surface area contributed by atoms with Crippen molar-refractivity contribution in [1.82, 2.24) is 0 Å². The average Bonchev–Trinajstić information content (AvgIpc) is 1.68. The zero-order valence-corrected chi connectivity index (χ0v) is 6.16. The molecule has 0 saturated heterocycles. The molecule has 0 aromatic heterocycles. The Hall–Kier alpha value is -0.200. The first kappa shape index (κ1) is 7.80. The molecule has 0 radical (unpaired) electrons. The van der Waals surface area contributed by atoms with E-state index in [-0.39, 0.29) is 0 Å². The molecule has 0 bridgehead atoms. The van der Waals surface area contributed by atoms with E-state index in [1.165, 1.54) is 6.42 Å². The van der Waals surface area contributed by atoms with Crippen LogP contribution in [0, 0.1) is 0 Å². The van der Waals surface area contributed by atoms with E-state index in [9.17, 15) is 0 Å². The third kappa shape index (κ3) is 3.97. The van der Waals surface area contributed by atoms with Crippen molar-refractivity contribution in [3.63, 3.8) is 0 Å². The molecule has 0 N–H and O–H groups in total. The minimum Gasteiger partial charge on any atom is -0.229 e. The van der Waals surface area contributed by atoms with E-state index in [0.717, 1.165) is 6.42 Å². The Kier molecular flexibility index (Phi) is 4.82. The van der Waals surface area contributed by atoms with Crippen LogP contribution in [0.1, 0.15) is 26.7 Å². The van der Waals surface area contributed by atoms with E-state index in [1.54, 1.807) is 0 Å². The zero-order chi connectivity index (χ0) is 6.41. The van der Waals surface area contributed by atoms with Gasteiger partial charge in [0.1, 0.15) is 0 Å². The highest BCUT2D eigenvalue weighted by atomic mass is 32.1. The lowest BCUT2D eigenvalue weighted by molar-refractivity contribution is 0.658. The third-order valence-corrected chi connectivity index (χ3v) is 1.08. The highest BCUT2D eigenvalue weighted by Crippen LogP contribution is 1.97. The van der Waals surface area contributed by atoms with Crippen molar-refractivity contribution >= 4 is 17.4 Å². The van der Waals surface area contributed by atoms with Gasteiger partial charge in [-0.15, -0.1) is 0 Å². The first-order valence-electron chi connectivity index (χ1n) is 2.88. The van der Waals surface area contributed by atoms with Crippen LogP contribution in [0.2, 0.25) is 0 Å². The SMILES string of the molecule is CCC[C@H](C)N=C=S. The fourth-order valence-corrected chi connectivity index (χ4v) is 0.752. The highest BCUT2D eigenvalue weighted by Gasteiger charge is 1.91. The molecule has 8 heavy (non-hydrogen) atoms. The maximum absolute atomic E-state index is 4.43. The molecule has 0 unspecified atom stereocenters. The Labute approximate surface area is 55.8 Å². The van der Waals surface area contributed by atoms with Crippen molar-refractivity contribution in [3.8, 4) is 0 Å². The van der Waals surface area contributed by atoms with Crippen molar-refractivity contribution in [2.24, 2.45) is 4.99 Å². The summed E-state index contributed by atoms with van der Waals surface area (Å²) in [7, 11) is 0. The predicted octanol–water partition coefficient (Wildman–Crippen LogP) is 2.28. The van der Waals surface area contributed by atoms with Crippen molar-refractivity contribution in [3.05, 3.63) is 0 Å². The molecule has 2 heteroatoms. The summed E-state index contributed by atoms with van der Waals surface area (Å²) in [5, 5.41) is 2.36. The summed E-state index contributed by atoms with van der Waals surface area (Å²) in [5.74, 6) is 0. The van der Waals surface area contributed by atoms with Gasteiger partial charge < -0.3 is 0 Å². The Morgan fingerprint density at radius 1 is 1.75 bits per heavy atom. The summed E-state index contributed by atoms with van der Waals surface area (Å²) in [5.41, 5.74) is 0. The summed E-state index contributed by atoms with van der Waals surface area (Å²) < 4.78 is 0. The maximum atomic E-state index is 4.43. The molecule has 0 aromatic carbocycles. The van der Waals surface area contributed by atoms with Gasteiger partial charge in [0.25, 0.3) is 0 Å². The van der Waals surface area contributed by atoms with E-state index in [4.69, 9.17) is 0 Å². The van der Waals surface area contributed by atoms with Gasteiger partial charge in [0.2, 0.25) is 0 Å². The van der Waals surface area contributed by atoms with Gasteiger partial charge >= 0.3 is 0 Å². The van der Waals surface area contributed by atoms with Gasteiger partial charge in [-0.1, -0.05) is 13.3 Å². The van der Waals surface area contributed by atoms with Crippen LogP contribution in [-0.2, 0) is 0 Å². The number of hydrogen-bond donors (Lipinski definition) is 0. The van der Waals surface area contributed by atoms with Crippen molar-refractivity contribution in [2.45, 2.75) is 32.7 Å². The van der Waals surface area contributed by atoms with Gasteiger partial charge in [-0.3, -0.25) is 0 Å². The molecule has 46 valence electrons. The lowest BCUT2D eigenvalue weighted by Gasteiger charge is -1.97. The molecule has 0 rings (SSSR count). The van der Waals surface area contributed by atoms with E-state index in [2.05, 4.69) is 29.3 Å². The molecule has 0 aliphatic rings. The van der Waals surface area contributed by atoms with E-state index in [0.29, 0.717) is 6.04 Å². The van der Waals surface area contributed by atoms with E-state index < -0.39 is 0 Å². The lowest BCUT2D eigenvalue weighted by Crippen LogP contribution is -1.93. The maximum Gasteiger partial charge on any atom is 0.0587 e. The topological polar surface area (TPSA) is 12.4 Å². The first-order valence-corrected chi connectivity index (χ1v) is 3.29. The minimum atomic E-state index is 0.373. The molecular weight excluding hydrogens is 118 g/mol. The van der Waals surface area contributed by atoms with Crippen LogP contribution in [0.4, 0.5) is 0 Å². The molecule has 0 fully saturated rings. The smallest absolute Gasteiger partial charge is 0.0587 e. The molecule has 0 amide bonds. The standard InChI is InChI=1S/C6H11NS/c1-3-4-6(2)7-5-8/h6H,3-4H2,1-2H3/t6-/m0/s1. The van der Waals surface area contributed by atoms with Crippen LogP contribution in [-0.4, -0.2) is 11.2 Å². The number of isothiocyanates is 1. The highest BCUT2D eigenvalue weighted by molar-refractivity contribution is 7.78. The van der Waals surface area contributed by atoms with Crippen LogP contribution in [0.5, 0.6) is 0 Å². The Morgan fingerprint density at radius 2 is 2.38 bits per heavy atom. The number of nitrogens with zero attached hydrogens (tertiary/aromatic N) is 1. The van der Waals surface area contributed by atoms with Gasteiger partial charge in [0, 0.05) is 0 Å². The molecule has 1 atom stereocenters. The average molecular weight is 129 g/mol. The van der Waals surface area contributed by atoms with Crippen LogP contribution < -0.4 is 0 Å². The number of aliphatic imine (C=N–C) groups is 1. The minimum absolute atomic E-state index is 0.373. The van der Waals surface area contributed by atoms with Gasteiger partial charge in [0.05, 0.1) is 11.2 Å². The fraction of sp³-hybridized carbons (Fsp3) is 0.833. The Balaban J connectivity index is 3.31. The van der Waals surface area contributed by atoms with Gasteiger partial charge in [-0.2, -0.15) is 0 Å². The lowest BCUT2D eigenvalue weighted by atomic mass is 10.2. The molecule has 0 aromatic rings. The number of hydrogen-bond acceptors (Lipinski definition) is 2. The second-order valence-electron chi connectivity index (χ2n) is 1.86. The van der Waals surface area contributed by atoms with E-state index in [1.807, 2.05) is 6.92 Å². The Morgan fingerprint density at radius 3 is 2.75 bits per heavy atom. The van der Waals surface area contributed by atoms with Gasteiger partial charge in [-0.05, 0) is 25.6 Å². The van der Waals surface area contributed by atoms with Gasteiger partial charge in [-0.25, -0.2) is 4.99 Å². The monoisotopic (exact) mass is 129 g/mol. The molecule has 0 aliphatic heterocycles. The largest absolute Gasteiger partial charge is 0.229 e. The van der Waals surface area contributed by atoms with Crippen molar-refractivity contribution in [1.29, 1.82) is 0 Å². The first-order chi connectivity index (χ1) is 3.81. The van der Waals surface area contributed by atoms with Gasteiger partial charge in [0.15, 0.2) is 0 Å². The van der Waals surface area contributed by atoms with E-state index >= 15 is 0 Å². The van der Waals surface area contributed by atoms with Crippen molar-refractivity contribution in [2.75, 3.05) is 0 Å². The molecular formula is C6H11NS. The van der Waals surface area contributed by atoms with Crippen LogP contribution in [0.15, 0.2) is 4.99 Å². The van der Waals surface area contributed by atoms with Crippen LogP contribution in [0.25, 0.3) is 0 Å². The summed E-state index contributed by atoms with van der Waals surface area (Å²) >= 11 is 4.43. The quantitative estimate of drug-likeness (QED) is 0.420. The molecule has 0 saturated carbocycles. The van der Waals surface area contributed by atoms with Crippen LogP contribution >= 0.6 is 12.2 Å². The molecule has 1 nitrogen and oxygen atoms in total. The number of thiocarbonyl (C=S) groups is 1. The molecule has 0 heterocycles. The summed E-state index contributed by atoms with van der Waals surface area (Å²) in [6.45, 7) is 4.18. The summed E-state index contributed by atoms with van der Waals surface area (Å²) in [6.07, 6.45) is 2.28. The predicted molar refractivity (Wildman–Crippen MR) is 39.4 cm³/mol. The second kappa shape index (κ2) is 4.95. The summed E-state index contributed by atoms with van der Waals surface area (Å²) in [4.78, 5) is 3.88. The Bertz CT molecular complexity index is 94.7. The van der Waals surface area contributed by atoms with Crippen molar-refractivity contribution < 1.29 is 0 Å². The fourth-order valence-electron chi connectivity index (χ4n) is 0.572. The third-order valence-electron chi connectivity index (χ3n) is 0.980. The zero-order valence-electron chi connectivity index (χ0n) is 5.35. The second-order valence-corrected chi connectivity index (χ2v) is 2.04. The summed E-state index contributed by atoms with van der Waals surface area (Å²) in [6, 6.07) is 0.373. The molecule has 0 aliphatic carbocycles. The normalized spacial score (nSPS) is 12.2. The molecule has 0 spiro atoms.